The Morgan fingerprint density at radius 1 is 1.26 bits per heavy atom. The van der Waals surface area contributed by atoms with E-state index in [1.165, 1.54) is 16.9 Å². The Balaban J connectivity index is 1.89. The molecule has 1 aromatic carbocycles. The number of hydrogen-bond donors (Lipinski definition) is 3. The number of rotatable bonds is 7. The van der Waals surface area contributed by atoms with Crippen LogP contribution in [0.1, 0.15) is 52.4 Å². The van der Waals surface area contributed by atoms with E-state index in [1.54, 1.807) is 5.38 Å². The van der Waals surface area contributed by atoms with Gasteiger partial charge in [0.05, 0.1) is 5.01 Å². The molecule has 1 amide bonds. The molecule has 0 saturated heterocycles. The van der Waals surface area contributed by atoms with Crippen LogP contribution in [0.2, 0.25) is 0 Å². The number of carbonyl (C=O) groups excluding carboxylic acids is 1. The van der Waals surface area contributed by atoms with Crippen molar-refractivity contribution in [2.24, 2.45) is 11.5 Å². The number of nitrogens with one attached hydrogen (secondary N) is 1. The lowest BCUT2D eigenvalue weighted by Gasteiger charge is -2.14. The Morgan fingerprint density at radius 2 is 1.91 bits per heavy atom. The van der Waals surface area contributed by atoms with Crippen LogP contribution >= 0.6 is 11.3 Å². The predicted molar refractivity (Wildman–Crippen MR) is 94.7 cm³/mol. The summed E-state index contributed by atoms with van der Waals surface area (Å²) in [7, 11) is 0. The van der Waals surface area contributed by atoms with Gasteiger partial charge in [0.1, 0.15) is 5.69 Å². The molecule has 1 aromatic heterocycles. The van der Waals surface area contributed by atoms with E-state index in [9.17, 15) is 4.79 Å². The van der Waals surface area contributed by atoms with Gasteiger partial charge < -0.3 is 16.8 Å². The quantitative estimate of drug-likeness (QED) is 0.724. The highest BCUT2D eigenvalue weighted by molar-refractivity contribution is 7.09. The van der Waals surface area contributed by atoms with Crippen molar-refractivity contribution >= 4 is 17.2 Å². The minimum absolute atomic E-state index is 0.196. The van der Waals surface area contributed by atoms with Crippen LogP contribution in [0.3, 0.4) is 0 Å². The summed E-state index contributed by atoms with van der Waals surface area (Å²) in [4.78, 5) is 16.4. The lowest BCUT2D eigenvalue weighted by atomic mass is 9.99. The monoisotopic (exact) mass is 332 g/mol. The number of thiazole rings is 1. The zero-order valence-electron chi connectivity index (χ0n) is 13.6. The van der Waals surface area contributed by atoms with Crippen LogP contribution in [0, 0.1) is 0 Å². The minimum atomic E-state index is -0.234. The van der Waals surface area contributed by atoms with E-state index in [2.05, 4.69) is 36.3 Å². The summed E-state index contributed by atoms with van der Waals surface area (Å²) in [6.45, 7) is 5.22. The zero-order valence-corrected chi connectivity index (χ0v) is 14.4. The van der Waals surface area contributed by atoms with Crippen molar-refractivity contribution in [2.75, 3.05) is 13.1 Å². The Morgan fingerprint density at radius 3 is 2.52 bits per heavy atom. The topological polar surface area (TPSA) is 94.0 Å². The van der Waals surface area contributed by atoms with Crippen LogP contribution < -0.4 is 16.8 Å². The fourth-order valence-electron chi connectivity index (χ4n) is 2.19. The zero-order chi connectivity index (χ0) is 16.8. The minimum Gasteiger partial charge on any atom is -0.349 e. The maximum Gasteiger partial charge on any atom is 0.270 e. The third kappa shape index (κ3) is 4.86. The number of nitrogens with zero attached hydrogens (tertiary/aromatic N) is 1. The van der Waals surface area contributed by atoms with Crippen molar-refractivity contribution in [3.63, 3.8) is 0 Å². The van der Waals surface area contributed by atoms with Crippen molar-refractivity contribution in [2.45, 2.75) is 32.2 Å². The third-order valence-electron chi connectivity index (χ3n) is 3.66. The van der Waals surface area contributed by atoms with Gasteiger partial charge in [0.2, 0.25) is 0 Å². The van der Waals surface area contributed by atoms with E-state index < -0.39 is 0 Å². The van der Waals surface area contributed by atoms with Crippen molar-refractivity contribution in [1.82, 2.24) is 10.3 Å². The summed E-state index contributed by atoms with van der Waals surface area (Å²) in [6.07, 6.45) is 0.694. The first-order valence-corrected chi connectivity index (χ1v) is 8.67. The number of carbonyl (C=O) groups is 1. The van der Waals surface area contributed by atoms with E-state index >= 15 is 0 Å². The van der Waals surface area contributed by atoms with Crippen LogP contribution in [-0.2, 0) is 6.42 Å². The molecule has 0 aliphatic rings. The van der Waals surface area contributed by atoms with Gasteiger partial charge >= 0.3 is 0 Å². The van der Waals surface area contributed by atoms with E-state index in [4.69, 9.17) is 11.5 Å². The molecule has 0 bridgehead atoms. The number of benzene rings is 1. The average Bonchev–Trinajstić information content (AvgIpc) is 3.01. The molecule has 2 rings (SSSR count). The second-order valence-electron chi connectivity index (χ2n) is 5.80. The molecule has 0 saturated carbocycles. The van der Waals surface area contributed by atoms with E-state index in [-0.39, 0.29) is 11.9 Å². The Bertz CT molecular complexity index is 636. The average molecular weight is 332 g/mol. The van der Waals surface area contributed by atoms with Gasteiger partial charge in [0, 0.05) is 24.4 Å². The number of nitrogens with two attached hydrogens (primary N) is 2. The Hall–Kier alpha value is -1.76. The maximum atomic E-state index is 12.1. The van der Waals surface area contributed by atoms with Gasteiger partial charge in [-0.1, -0.05) is 38.1 Å². The van der Waals surface area contributed by atoms with Gasteiger partial charge in [0.15, 0.2) is 0 Å². The maximum absolute atomic E-state index is 12.1. The first-order chi connectivity index (χ1) is 11.0. The molecule has 6 heteroatoms. The fraction of sp³-hybridized carbons (Fsp3) is 0.412. The molecule has 124 valence electrons. The van der Waals surface area contributed by atoms with Crippen LogP contribution in [0.25, 0.3) is 0 Å². The normalized spacial score (nSPS) is 12.4. The molecule has 1 heterocycles. The van der Waals surface area contributed by atoms with E-state index in [1.807, 2.05) is 12.1 Å². The number of aromatic nitrogens is 1. The van der Waals surface area contributed by atoms with Gasteiger partial charge in [0.25, 0.3) is 5.91 Å². The standard InChI is InChI=1S/C17H24N4OS/c1-11(2)12-3-5-13(6-4-12)14(19)9-20-17(22)15-10-23-16(21-15)7-8-18/h3-6,10-11,14H,7-9,18-19H2,1-2H3,(H,20,22). The molecule has 1 unspecified atom stereocenters. The van der Waals surface area contributed by atoms with Crippen LogP contribution in [0.4, 0.5) is 0 Å². The largest absolute Gasteiger partial charge is 0.349 e. The van der Waals surface area contributed by atoms with Crippen molar-refractivity contribution in [3.05, 3.63) is 51.5 Å². The molecule has 0 fully saturated rings. The van der Waals surface area contributed by atoms with Gasteiger partial charge in [-0.05, 0) is 23.6 Å². The first kappa shape index (κ1) is 17.6. The van der Waals surface area contributed by atoms with Crippen LogP contribution in [0.15, 0.2) is 29.6 Å². The smallest absolute Gasteiger partial charge is 0.270 e. The van der Waals surface area contributed by atoms with Gasteiger partial charge in [-0.2, -0.15) is 0 Å². The van der Waals surface area contributed by atoms with E-state index in [0.29, 0.717) is 31.1 Å². The molecule has 5 nitrogen and oxygen atoms in total. The van der Waals surface area contributed by atoms with Gasteiger partial charge in [-0.25, -0.2) is 4.98 Å². The molecule has 1 atom stereocenters. The van der Waals surface area contributed by atoms with Crippen molar-refractivity contribution in [1.29, 1.82) is 0 Å². The molecule has 5 N–H and O–H groups in total. The number of hydrogen-bond acceptors (Lipinski definition) is 5. The Kier molecular flexibility index (Phi) is 6.27. The second-order valence-corrected chi connectivity index (χ2v) is 6.75. The molecule has 0 spiro atoms. The van der Waals surface area contributed by atoms with Gasteiger partial charge in [-0.3, -0.25) is 4.79 Å². The molecular formula is C17H24N4OS. The fourth-order valence-corrected chi connectivity index (χ4v) is 2.99. The summed E-state index contributed by atoms with van der Waals surface area (Å²) in [6, 6.07) is 7.98. The SMILES string of the molecule is CC(C)c1ccc(C(N)CNC(=O)c2csc(CCN)n2)cc1. The van der Waals surface area contributed by atoms with E-state index in [0.717, 1.165) is 10.6 Å². The highest BCUT2D eigenvalue weighted by Crippen LogP contribution is 2.17. The molecule has 23 heavy (non-hydrogen) atoms. The Labute approximate surface area is 141 Å². The summed E-state index contributed by atoms with van der Waals surface area (Å²) >= 11 is 1.45. The summed E-state index contributed by atoms with van der Waals surface area (Å²) in [5, 5.41) is 5.47. The summed E-state index contributed by atoms with van der Waals surface area (Å²) < 4.78 is 0. The molecule has 2 aromatic rings. The van der Waals surface area contributed by atoms with Gasteiger partial charge in [-0.15, -0.1) is 11.3 Å². The molecular weight excluding hydrogens is 308 g/mol. The predicted octanol–water partition coefficient (Wildman–Crippen LogP) is 2.20. The summed E-state index contributed by atoms with van der Waals surface area (Å²) in [5.41, 5.74) is 14.4. The number of amides is 1. The third-order valence-corrected chi connectivity index (χ3v) is 4.57. The first-order valence-electron chi connectivity index (χ1n) is 7.79. The highest BCUT2D eigenvalue weighted by Gasteiger charge is 2.13. The second kappa shape index (κ2) is 8.19. The van der Waals surface area contributed by atoms with Crippen LogP contribution in [0.5, 0.6) is 0 Å². The summed E-state index contributed by atoms with van der Waals surface area (Å²) in [5.74, 6) is 0.297. The highest BCUT2D eigenvalue weighted by atomic mass is 32.1. The lowest BCUT2D eigenvalue weighted by molar-refractivity contribution is 0.0946. The lowest BCUT2D eigenvalue weighted by Crippen LogP contribution is -2.32. The van der Waals surface area contributed by atoms with Crippen molar-refractivity contribution < 1.29 is 4.79 Å². The molecule has 0 radical (unpaired) electrons. The molecule has 0 aliphatic carbocycles. The van der Waals surface area contributed by atoms with Crippen LogP contribution in [-0.4, -0.2) is 24.0 Å². The molecule has 0 aliphatic heterocycles. The van der Waals surface area contributed by atoms with Crippen molar-refractivity contribution in [3.8, 4) is 0 Å².